The van der Waals surface area contributed by atoms with Crippen LogP contribution in [0.25, 0.3) is 10.9 Å². The molecule has 150 valence electrons. The minimum atomic E-state index is 0.462. The number of aromatic nitrogens is 1. The van der Waals surface area contributed by atoms with Gasteiger partial charge in [0, 0.05) is 29.5 Å². The lowest BCUT2D eigenvalue weighted by Crippen LogP contribution is -2.60. The number of para-hydroxylation sites is 1. The van der Waals surface area contributed by atoms with Crippen molar-refractivity contribution in [2.45, 2.75) is 45.2 Å². The Morgan fingerprint density at radius 3 is 2.45 bits per heavy atom. The van der Waals surface area contributed by atoms with Crippen molar-refractivity contribution in [3.63, 3.8) is 0 Å². The number of pyridine rings is 1. The third kappa shape index (κ3) is 4.28. The molecule has 4 rings (SSSR count). The molecule has 2 nitrogen and oxygen atoms in total. The Kier molecular flexibility index (Phi) is 6.10. The van der Waals surface area contributed by atoms with Gasteiger partial charge >= 0.3 is 0 Å². The van der Waals surface area contributed by atoms with Crippen LogP contribution >= 0.6 is 0 Å². The van der Waals surface area contributed by atoms with Crippen LogP contribution < -0.4 is 0 Å². The van der Waals surface area contributed by atoms with Gasteiger partial charge in [0.1, 0.15) is 6.54 Å². The van der Waals surface area contributed by atoms with Crippen molar-refractivity contribution in [3.05, 3.63) is 90.6 Å². The second-order valence-electron chi connectivity index (χ2n) is 8.72. The van der Waals surface area contributed by atoms with Crippen LogP contribution in [0, 0.1) is 5.92 Å². The smallest absolute Gasteiger partial charge is 0.105 e. The number of piperidine rings is 1. The average Bonchev–Trinajstić information content (AvgIpc) is 2.78. The van der Waals surface area contributed by atoms with E-state index in [1.54, 1.807) is 0 Å². The lowest BCUT2D eigenvalue weighted by atomic mass is 9.87. The predicted octanol–water partition coefficient (Wildman–Crippen LogP) is 6.17. The topological polar surface area (TPSA) is 12.9 Å². The van der Waals surface area contributed by atoms with E-state index < -0.39 is 0 Å². The summed E-state index contributed by atoms with van der Waals surface area (Å²) in [5, 5.41) is 1.30. The van der Waals surface area contributed by atoms with Gasteiger partial charge in [-0.05, 0) is 37.0 Å². The Morgan fingerprint density at radius 2 is 1.69 bits per heavy atom. The number of nitrogens with zero attached hydrogens (tertiary/aromatic N) is 2. The molecule has 3 aromatic rings. The summed E-state index contributed by atoms with van der Waals surface area (Å²) in [7, 11) is 0. The average molecular weight is 386 g/mol. The maximum absolute atomic E-state index is 4.59. The van der Waals surface area contributed by atoms with Crippen molar-refractivity contribution in [2.24, 2.45) is 5.92 Å². The van der Waals surface area contributed by atoms with Gasteiger partial charge in [-0.2, -0.15) is 0 Å². The van der Waals surface area contributed by atoms with Crippen molar-refractivity contribution >= 4 is 10.9 Å². The molecule has 2 atom stereocenters. The third-order valence-corrected chi connectivity index (χ3v) is 6.90. The molecule has 1 saturated heterocycles. The first-order valence-electron chi connectivity index (χ1n) is 11.1. The zero-order valence-corrected chi connectivity index (χ0v) is 17.6. The molecule has 29 heavy (non-hydrogen) atoms. The summed E-state index contributed by atoms with van der Waals surface area (Å²) >= 11 is 0. The normalized spacial score (nSPS) is 18.2. The van der Waals surface area contributed by atoms with E-state index >= 15 is 0 Å². The van der Waals surface area contributed by atoms with Gasteiger partial charge in [0.25, 0.3) is 0 Å². The first kappa shape index (κ1) is 19.8. The molecule has 1 aliphatic heterocycles. The van der Waals surface area contributed by atoms with Gasteiger partial charge in [-0.15, -0.1) is 6.58 Å². The first-order valence-corrected chi connectivity index (χ1v) is 11.1. The monoisotopic (exact) mass is 385 g/mol. The molecule has 0 aliphatic carbocycles. The van der Waals surface area contributed by atoms with E-state index in [2.05, 4.69) is 85.2 Å². The molecule has 0 spiro atoms. The fourth-order valence-corrected chi connectivity index (χ4v) is 5.29. The molecule has 2 aromatic carbocycles. The lowest BCUT2D eigenvalue weighted by Gasteiger charge is -2.49. The third-order valence-electron chi connectivity index (χ3n) is 6.90. The molecule has 1 aliphatic rings. The molecular weight excluding hydrogens is 352 g/mol. The SMILES string of the molecule is C=CC(C)C(Cc1ccnc2ccccc12)[N+]1(Cc2ccccc2)CCCCC1. The first-order chi connectivity index (χ1) is 14.2. The van der Waals surface area contributed by atoms with Crippen LogP contribution in [0.4, 0.5) is 0 Å². The molecule has 2 heteroatoms. The van der Waals surface area contributed by atoms with Gasteiger partial charge < -0.3 is 4.48 Å². The van der Waals surface area contributed by atoms with Crippen molar-refractivity contribution in [1.82, 2.24) is 4.98 Å². The van der Waals surface area contributed by atoms with E-state index in [4.69, 9.17) is 0 Å². The fraction of sp³-hybridized carbons (Fsp3) is 0.370. The van der Waals surface area contributed by atoms with E-state index in [0.29, 0.717) is 12.0 Å². The Morgan fingerprint density at radius 1 is 0.966 bits per heavy atom. The molecule has 0 radical (unpaired) electrons. The maximum Gasteiger partial charge on any atom is 0.105 e. The summed E-state index contributed by atoms with van der Waals surface area (Å²) in [6, 6.07) is 22.4. The van der Waals surface area contributed by atoms with E-state index in [9.17, 15) is 0 Å². The number of hydrogen-bond acceptors (Lipinski definition) is 1. The number of fused-ring (bicyclic) bond motifs is 1. The van der Waals surface area contributed by atoms with E-state index in [-0.39, 0.29) is 0 Å². The van der Waals surface area contributed by atoms with Crippen molar-refractivity contribution in [3.8, 4) is 0 Å². The van der Waals surface area contributed by atoms with Gasteiger partial charge in [-0.3, -0.25) is 4.98 Å². The lowest BCUT2D eigenvalue weighted by molar-refractivity contribution is -0.970. The quantitative estimate of drug-likeness (QED) is 0.350. The molecule has 1 aromatic heterocycles. The number of hydrogen-bond donors (Lipinski definition) is 0. The van der Waals surface area contributed by atoms with Crippen LogP contribution in [0.5, 0.6) is 0 Å². The standard InChI is InChI=1S/C27H33N2/c1-3-22(2)27(20-24-16-17-28-26-15-9-8-14-25(24)26)29(18-10-5-11-19-29)21-23-12-6-4-7-13-23/h3-4,6-9,12-17,22,27H,1,5,10-11,18-21H2,2H3/q+1. The second kappa shape index (κ2) is 8.92. The van der Waals surface area contributed by atoms with Gasteiger partial charge in [-0.1, -0.05) is 61.5 Å². The minimum Gasteiger partial charge on any atom is -0.317 e. The van der Waals surface area contributed by atoms with Crippen LogP contribution in [-0.4, -0.2) is 28.6 Å². The van der Waals surface area contributed by atoms with Crippen molar-refractivity contribution in [1.29, 1.82) is 0 Å². The molecule has 2 heterocycles. The molecule has 0 saturated carbocycles. The molecule has 1 fully saturated rings. The van der Waals surface area contributed by atoms with E-state index in [0.717, 1.165) is 18.5 Å². The Labute approximate surface area is 175 Å². The summed E-state index contributed by atoms with van der Waals surface area (Å²) in [6.07, 6.45) is 9.23. The molecule has 0 amide bonds. The van der Waals surface area contributed by atoms with Crippen LogP contribution in [0.3, 0.4) is 0 Å². The van der Waals surface area contributed by atoms with Gasteiger partial charge in [0.05, 0.1) is 24.6 Å². The highest BCUT2D eigenvalue weighted by atomic mass is 15.4. The van der Waals surface area contributed by atoms with Crippen LogP contribution in [0.2, 0.25) is 0 Å². The number of likely N-dealkylation sites (tertiary alicyclic amines) is 1. The zero-order chi connectivity index (χ0) is 20.1. The fourth-order valence-electron chi connectivity index (χ4n) is 5.29. The number of rotatable bonds is 7. The number of quaternary nitrogens is 1. The highest BCUT2D eigenvalue weighted by Crippen LogP contribution is 2.33. The number of benzene rings is 2. The van der Waals surface area contributed by atoms with Crippen LogP contribution in [0.15, 0.2) is 79.5 Å². The minimum absolute atomic E-state index is 0.462. The summed E-state index contributed by atoms with van der Waals surface area (Å²) < 4.78 is 1.17. The summed E-state index contributed by atoms with van der Waals surface area (Å²) in [5.74, 6) is 0.462. The van der Waals surface area contributed by atoms with Crippen LogP contribution in [0.1, 0.15) is 37.3 Å². The molecular formula is C27H33N2+. The van der Waals surface area contributed by atoms with Gasteiger partial charge in [0.2, 0.25) is 0 Å². The molecule has 0 N–H and O–H groups in total. The highest BCUT2D eigenvalue weighted by molar-refractivity contribution is 5.81. The highest BCUT2D eigenvalue weighted by Gasteiger charge is 2.40. The van der Waals surface area contributed by atoms with Crippen LogP contribution in [-0.2, 0) is 13.0 Å². The largest absolute Gasteiger partial charge is 0.317 e. The summed E-state index contributed by atoms with van der Waals surface area (Å²) in [5.41, 5.74) is 3.98. The Balaban J connectivity index is 1.74. The van der Waals surface area contributed by atoms with Gasteiger partial charge in [-0.25, -0.2) is 0 Å². The van der Waals surface area contributed by atoms with E-state index in [1.165, 1.54) is 53.3 Å². The van der Waals surface area contributed by atoms with E-state index in [1.807, 2.05) is 6.20 Å². The maximum atomic E-state index is 4.59. The molecule has 0 bridgehead atoms. The predicted molar refractivity (Wildman–Crippen MR) is 123 cm³/mol. The Bertz CT molecular complexity index is 936. The Hall–Kier alpha value is -2.45. The summed E-state index contributed by atoms with van der Waals surface area (Å²) in [6.45, 7) is 10.2. The van der Waals surface area contributed by atoms with Gasteiger partial charge in [0.15, 0.2) is 0 Å². The van der Waals surface area contributed by atoms with Crippen molar-refractivity contribution in [2.75, 3.05) is 13.1 Å². The van der Waals surface area contributed by atoms with Crippen molar-refractivity contribution < 1.29 is 4.48 Å². The molecule has 2 unspecified atom stereocenters. The summed E-state index contributed by atoms with van der Waals surface area (Å²) in [4.78, 5) is 4.59. The zero-order valence-electron chi connectivity index (χ0n) is 17.6. The second-order valence-corrected chi connectivity index (χ2v) is 8.72.